The number of hydrogen-bond acceptors (Lipinski definition) is 4. The van der Waals surface area contributed by atoms with Gasteiger partial charge in [0, 0.05) is 48.1 Å². The summed E-state index contributed by atoms with van der Waals surface area (Å²) in [5.74, 6) is 1.15. The van der Waals surface area contributed by atoms with Gasteiger partial charge in [-0.1, -0.05) is 12.1 Å². The Bertz CT molecular complexity index is 511. The van der Waals surface area contributed by atoms with Crippen LogP contribution in [0.25, 0.3) is 0 Å². The van der Waals surface area contributed by atoms with Crippen LogP contribution >= 0.6 is 11.8 Å². The van der Waals surface area contributed by atoms with Gasteiger partial charge in [-0.05, 0) is 32.6 Å². The minimum atomic E-state index is 0.183. The van der Waals surface area contributed by atoms with Crippen molar-refractivity contribution in [2.75, 3.05) is 40.0 Å². The summed E-state index contributed by atoms with van der Waals surface area (Å²) in [5, 5.41) is 0. The summed E-state index contributed by atoms with van der Waals surface area (Å²) >= 11 is 1.77. The Morgan fingerprint density at radius 1 is 1.20 bits per heavy atom. The average Bonchev–Trinajstić information content (AvgIpc) is 2.58. The van der Waals surface area contributed by atoms with E-state index in [1.165, 1.54) is 0 Å². The molecule has 0 amide bonds. The van der Waals surface area contributed by atoms with Gasteiger partial charge in [-0.25, -0.2) is 0 Å². The molecule has 1 aliphatic heterocycles. The maximum atomic E-state index is 12.6. The molecule has 3 nitrogen and oxygen atoms in total. The van der Waals surface area contributed by atoms with Gasteiger partial charge in [-0.3, -0.25) is 4.79 Å². The van der Waals surface area contributed by atoms with Crippen molar-refractivity contribution in [3.05, 3.63) is 41.6 Å². The van der Waals surface area contributed by atoms with Crippen LogP contribution in [0.3, 0.4) is 0 Å². The third kappa shape index (κ3) is 3.87. The molecule has 0 saturated heterocycles. The van der Waals surface area contributed by atoms with Gasteiger partial charge in [0.1, 0.15) is 0 Å². The highest BCUT2D eigenvalue weighted by molar-refractivity contribution is 7.99. The minimum absolute atomic E-state index is 0.183. The highest BCUT2D eigenvalue weighted by Crippen LogP contribution is 2.30. The molecule has 2 rings (SSSR count). The lowest BCUT2D eigenvalue weighted by molar-refractivity contribution is 0.102. The van der Waals surface area contributed by atoms with E-state index < -0.39 is 0 Å². The van der Waals surface area contributed by atoms with Crippen LogP contribution in [0.1, 0.15) is 16.8 Å². The van der Waals surface area contributed by atoms with E-state index in [1.807, 2.05) is 37.5 Å². The highest BCUT2D eigenvalue weighted by Gasteiger charge is 2.20. The van der Waals surface area contributed by atoms with E-state index in [4.69, 9.17) is 0 Å². The maximum absolute atomic E-state index is 12.6. The number of carbonyl (C=O) groups excluding carboxylic acids is 1. The quantitative estimate of drug-likeness (QED) is 0.796. The third-order valence-electron chi connectivity index (χ3n) is 3.33. The van der Waals surface area contributed by atoms with Crippen LogP contribution < -0.4 is 0 Å². The fraction of sp³-hybridized carbons (Fsp3) is 0.438. The molecule has 108 valence electrons. The average molecular weight is 290 g/mol. The second kappa shape index (κ2) is 6.95. The summed E-state index contributed by atoms with van der Waals surface area (Å²) in [6.45, 7) is 1.92. The maximum Gasteiger partial charge on any atom is 0.191 e. The Hall–Kier alpha value is -1.26. The Kier molecular flexibility index (Phi) is 5.26. The van der Waals surface area contributed by atoms with Crippen molar-refractivity contribution < 1.29 is 4.79 Å². The standard InChI is InChI=1S/C16H22N2OS/c1-17(2)9-10-18(3)12-13-8-11-20-15-7-5-4-6-14(15)16(13)19/h4-7,12H,8-11H2,1-3H3/b13-12+. The molecule has 0 saturated carbocycles. The van der Waals surface area contributed by atoms with Crippen LogP contribution in [0.15, 0.2) is 40.9 Å². The summed E-state index contributed by atoms with van der Waals surface area (Å²) < 4.78 is 0. The number of Topliss-reactive ketones (excluding diaryl/α,β-unsaturated/α-hetero) is 1. The minimum Gasteiger partial charge on any atom is -0.379 e. The molecule has 0 spiro atoms. The first-order valence-electron chi connectivity index (χ1n) is 6.90. The van der Waals surface area contributed by atoms with Crippen molar-refractivity contribution in [2.45, 2.75) is 11.3 Å². The molecule has 0 aromatic heterocycles. The predicted molar refractivity (Wildman–Crippen MR) is 85.4 cm³/mol. The van der Waals surface area contributed by atoms with Crippen molar-refractivity contribution >= 4 is 17.5 Å². The van der Waals surface area contributed by atoms with Crippen molar-refractivity contribution in [1.82, 2.24) is 9.80 Å². The van der Waals surface area contributed by atoms with Crippen molar-refractivity contribution in [2.24, 2.45) is 0 Å². The number of ketones is 1. The summed E-state index contributed by atoms with van der Waals surface area (Å²) in [4.78, 5) is 18.0. The molecule has 0 aliphatic carbocycles. The molecule has 0 atom stereocenters. The molecule has 1 aromatic rings. The highest BCUT2D eigenvalue weighted by atomic mass is 32.2. The molecule has 0 unspecified atom stereocenters. The van der Waals surface area contributed by atoms with Gasteiger partial charge < -0.3 is 9.80 Å². The summed E-state index contributed by atoms with van der Waals surface area (Å²) in [6, 6.07) is 7.91. The van der Waals surface area contributed by atoms with Gasteiger partial charge in [0.15, 0.2) is 5.78 Å². The van der Waals surface area contributed by atoms with Gasteiger partial charge in [0.2, 0.25) is 0 Å². The fourth-order valence-corrected chi connectivity index (χ4v) is 3.18. The summed E-state index contributed by atoms with van der Waals surface area (Å²) in [6.07, 6.45) is 2.86. The zero-order chi connectivity index (χ0) is 14.5. The smallest absolute Gasteiger partial charge is 0.191 e. The molecule has 1 aliphatic rings. The van der Waals surface area contributed by atoms with Gasteiger partial charge in [0.25, 0.3) is 0 Å². The van der Waals surface area contributed by atoms with E-state index in [0.29, 0.717) is 0 Å². The van der Waals surface area contributed by atoms with Crippen LogP contribution in [0.2, 0.25) is 0 Å². The largest absolute Gasteiger partial charge is 0.379 e. The molecule has 0 bridgehead atoms. The molecule has 0 N–H and O–H groups in total. The number of likely N-dealkylation sites (N-methyl/N-ethyl adjacent to an activating group) is 2. The molecule has 4 heteroatoms. The van der Waals surface area contributed by atoms with Crippen LogP contribution in [0.4, 0.5) is 0 Å². The Labute approximate surface area is 125 Å². The lowest BCUT2D eigenvalue weighted by Gasteiger charge is -2.18. The first-order valence-corrected chi connectivity index (χ1v) is 7.88. The third-order valence-corrected chi connectivity index (χ3v) is 4.40. The summed E-state index contributed by atoms with van der Waals surface area (Å²) in [7, 11) is 6.16. The number of carbonyl (C=O) groups is 1. The van der Waals surface area contributed by atoms with Crippen LogP contribution in [0, 0.1) is 0 Å². The lowest BCUT2D eigenvalue weighted by Crippen LogP contribution is -2.26. The SMILES string of the molecule is CN(C)CCN(C)/C=C1\CCSc2ccccc2C1=O. The van der Waals surface area contributed by atoms with Gasteiger partial charge in [0.05, 0.1) is 0 Å². The van der Waals surface area contributed by atoms with E-state index >= 15 is 0 Å². The van der Waals surface area contributed by atoms with Crippen LogP contribution in [-0.4, -0.2) is 55.6 Å². The molecule has 0 fully saturated rings. The van der Waals surface area contributed by atoms with Crippen LogP contribution in [0.5, 0.6) is 0 Å². The monoisotopic (exact) mass is 290 g/mol. The van der Waals surface area contributed by atoms with Crippen LogP contribution in [-0.2, 0) is 0 Å². The first kappa shape index (κ1) is 15.1. The van der Waals surface area contributed by atoms with Gasteiger partial charge >= 0.3 is 0 Å². The van der Waals surface area contributed by atoms with Gasteiger partial charge in [-0.2, -0.15) is 0 Å². The Morgan fingerprint density at radius 3 is 2.70 bits per heavy atom. The molecule has 0 radical (unpaired) electrons. The van der Waals surface area contributed by atoms with E-state index in [-0.39, 0.29) is 5.78 Å². The zero-order valence-corrected chi connectivity index (χ0v) is 13.2. The normalized spacial score (nSPS) is 17.2. The summed E-state index contributed by atoms with van der Waals surface area (Å²) in [5.41, 5.74) is 1.77. The number of nitrogens with zero attached hydrogens (tertiary/aromatic N) is 2. The molecule has 1 aromatic carbocycles. The number of rotatable bonds is 4. The molecular weight excluding hydrogens is 268 g/mol. The Morgan fingerprint density at radius 2 is 1.95 bits per heavy atom. The molecular formula is C16H22N2OS. The number of fused-ring (bicyclic) bond motifs is 1. The first-order chi connectivity index (χ1) is 9.58. The number of allylic oxidation sites excluding steroid dienone is 1. The van der Waals surface area contributed by atoms with E-state index in [9.17, 15) is 4.79 Å². The van der Waals surface area contributed by atoms with Crippen molar-refractivity contribution in [1.29, 1.82) is 0 Å². The zero-order valence-electron chi connectivity index (χ0n) is 12.4. The fourth-order valence-electron chi connectivity index (χ4n) is 2.15. The van der Waals surface area contributed by atoms with Gasteiger partial charge in [-0.15, -0.1) is 11.8 Å². The van der Waals surface area contributed by atoms with Crippen molar-refractivity contribution in [3.8, 4) is 0 Å². The molecule has 20 heavy (non-hydrogen) atoms. The topological polar surface area (TPSA) is 23.6 Å². The number of hydrogen-bond donors (Lipinski definition) is 0. The number of thioether (sulfide) groups is 1. The predicted octanol–water partition coefficient (Wildman–Crippen LogP) is 2.74. The lowest BCUT2D eigenvalue weighted by atomic mass is 10.0. The second-order valence-corrected chi connectivity index (χ2v) is 6.50. The number of benzene rings is 1. The van der Waals surface area contributed by atoms with E-state index in [1.54, 1.807) is 11.8 Å². The van der Waals surface area contributed by atoms with E-state index in [2.05, 4.69) is 23.9 Å². The molecule has 1 heterocycles. The Balaban J connectivity index is 2.14. The second-order valence-electron chi connectivity index (χ2n) is 5.36. The van der Waals surface area contributed by atoms with Crippen molar-refractivity contribution in [3.63, 3.8) is 0 Å². The van der Waals surface area contributed by atoms with E-state index in [0.717, 1.165) is 41.3 Å².